The van der Waals surface area contributed by atoms with E-state index in [1.807, 2.05) is 0 Å². The summed E-state index contributed by atoms with van der Waals surface area (Å²) in [5.74, 6) is -1.56. The summed E-state index contributed by atoms with van der Waals surface area (Å²) in [7, 11) is 0. The minimum Gasteiger partial charge on any atom is -0.464 e. The van der Waals surface area contributed by atoms with E-state index in [-0.39, 0.29) is 65.2 Å². The van der Waals surface area contributed by atoms with Gasteiger partial charge in [-0.25, -0.2) is 0 Å². The van der Waals surface area contributed by atoms with Gasteiger partial charge in [-0.1, -0.05) is 0 Å². The van der Waals surface area contributed by atoms with Crippen LogP contribution >= 0.6 is 0 Å². The van der Waals surface area contributed by atoms with Gasteiger partial charge in [0.25, 0.3) is 25.9 Å². The Morgan fingerprint density at radius 1 is 0.615 bits per heavy atom. The highest BCUT2D eigenvalue weighted by atomic mass is 16.6. The molecule has 0 aliphatic heterocycles. The van der Waals surface area contributed by atoms with Crippen molar-refractivity contribution in [1.29, 1.82) is 0 Å². The van der Waals surface area contributed by atoms with Crippen LogP contribution in [0.4, 0.5) is 0 Å². The fourth-order valence-corrected chi connectivity index (χ4v) is 1.42. The van der Waals surface area contributed by atoms with E-state index < -0.39 is 24.1 Å². The molecule has 0 amide bonds. The Morgan fingerprint density at radius 3 is 1.31 bits per heavy atom. The zero-order chi connectivity index (χ0) is 19.6. The van der Waals surface area contributed by atoms with Crippen LogP contribution in [0.1, 0.15) is 12.8 Å². The molecule has 0 heterocycles. The Labute approximate surface area is 147 Å². The smallest absolute Gasteiger partial charge is 0.306 e. The molecule has 0 fully saturated rings. The van der Waals surface area contributed by atoms with Gasteiger partial charge in [0.15, 0.2) is 12.2 Å². The van der Waals surface area contributed by atoms with Crippen LogP contribution in [0.15, 0.2) is 0 Å². The molecule has 0 aromatic rings. The number of hydrogen-bond donors (Lipinski definition) is 0. The Morgan fingerprint density at radius 2 is 1.00 bits per heavy atom. The second-order valence-corrected chi connectivity index (χ2v) is 4.43. The van der Waals surface area contributed by atoms with Crippen LogP contribution in [0.5, 0.6) is 0 Å². The van der Waals surface area contributed by atoms with Crippen molar-refractivity contribution in [2.24, 2.45) is 0 Å². The Hall–Kier alpha value is -3.18. The van der Waals surface area contributed by atoms with Crippen LogP contribution in [0.2, 0.25) is 0 Å². The molecule has 0 aromatic heterocycles. The molecule has 0 spiro atoms. The van der Waals surface area contributed by atoms with E-state index in [4.69, 9.17) is 9.47 Å². The summed E-state index contributed by atoms with van der Waals surface area (Å²) in [6, 6.07) is 0. The maximum Gasteiger partial charge on any atom is 0.306 e. The van der Waals surface area contributed by atoms with Crippen LogP contribution in [0, 0.1) is 0 Å². The van der Waals surface area contributed by atoms with Crippen molar-refractivity contribution < 1.29 is 57.2 Å². The van der Waals surface area contributed by atoms with Crippen molar-refractivity contribution in [3.05, 3.63) is 0 Å². The Balaban J connectivity index is 4.06. The topological polar surface area (TPSA) is 158 Å². The van der Waals surface area contributed by atoms with Gasteiger partial charge in [-0.15, -0.1) is 0 Å². The molecule has 0 aromatic carbocycles. The van der Waals surface area contributed by atoms with Crippen LogP contribution < -0.4 is 0 Å². The second kappa shape index (κ2) is 15.4. The van der Waals surface area contributed by atoms with Gasteiger partial charge >= 0.3 is 11.9 Å². The lowest BCUT2D eigenvalue weighted by Gasteiger charge is -2.15. The van der Waals surface area contributed by atoms with Crippen LogP contribution in [0.25, 0.3) is 0 Å². The minimum atomic E-state index is -0.965. The lowest BCUT2D eigenvalue weighted by atomic mass is 10.3. The third-order valence-electron chi connectivity index (χ3n) is 2.59. The first kappa shape index (κ1) is 22.8. The zero-order valence-electron chi connectivity index (χ0n) is 13.6. The number of carbonyl (C=O) groups is 6. The van der Waals surface area contributed by atoms with Crippen molar-refractivity contribution in [1.82, 2.24) is 0 Å². The SMILES string of the molecule is O=COCC(COC(=O)CCC(=O)OCC(COC=O)OC=O)OC=O. The molecule has 2 atom stereocenters. The summed E-state index contributed by atoms with van der Waals surface area (Å²) in [5, 5.41) is 0. The molecule has 12 nitrogen and oxygen atoms in total. The maximum atomic E-state index is 11.5. The fraction of sp³-hybridized carbons (Fsp3) is 0.571. The van der Waals surface area contributed by atoms with Crippen molar-refractivity contribution in [3.63, 3.8) is 0 Å². The molecule has 2 unspecified atom stereocenters. The summed E-state index contributed by atoms with van der Waals surface area (Å²) in [6.07, 6.45) is -2.59. The van der Waals surface area contributed by atoms with E-state index >= 15 is 0 Å². The molecule has 0 aliphatic carbocycles. The van der Waals surface area contributed by atoms with Gasteiger partial charge in [0, 0.05) is 0 Å². The summed E-state index contributed by atoms with van der Waals surface area (Å²) in [4.78, 5) is 63.6. The van der Waals surface area contributed by atoms with Crippen molar-refractivity contribution in [2.75, 3.05) is 26.4 Å². The summed E-state index contributed by atoms with van der Waals surface area (Å²) < 4.78 is 27.4. The molecule has 0 saturated heterocycles. The monoisotopic (exact) mass is 378 g/mol. The molecule has 0 saturated carbocycles. The van der Waals surface area contributed by atoms with E-state index in [0.717, 1.165) is 0 Å². The van der Waals surface area contributed by atoms with Gasteiger partial charge in [-0.2, -0.15) is 0 Å². The normalized spacial score (nSPS) is 11.8. The van der Waals surface area contributed by atoms with Gasteiger partial charge in [0.1, 0.15) is 26.4 Å². The minimum absolute atomic E-state index is 0.107. The number of carbonyl (C=O) groups excluding carboxylic acids is 6. The molecule has 0 N–H and O–H groups in total. The van der Waals surface area contributed by atoms with Crippen molar-refractivity contribution >= 4 is 37.8 Å². The maximum absolute atomic E-state index is 11.5. The third-order valence-corrected chi connectivity index (χ3v) is 2.59. The number of ether oxygens (including phenoxy) is 6. The van der Waals surface area contributed by atoms with E-state index in [0.29, 0.717) is 0 Å². The molecule has 0 rings (SSSR count). The first-order valence-electron chi connectivity index (χ1n) is 7.17. The number of esters is 2. The third kappa shape index (κ3) is 12.3. The predicted molar refractivity (Wildman–Crippen MR) is 77.1 cm³/mol. The molecular weight excluding hydrogens is 360 g/mol. The predicted octanol–water partition coefficient (Wildman–Crippen LogP) is -1.72. The molecule has 26 heavy (non-hydrogen) atoms. The van der Waals surface area contributed by atoms with Gasteiger partial charge in [0.05, 0.1) is 12.8 Å². The first-order chi connectivity index (χ1) is 12.6. The summed E-state index contributed by atoms with van der Waals surface area (Å²) in [6.45, 7) is -0.817. The largest absolute Gasteiger partial charge is 0.464 e. The van der Waals surface area contributed by atoms with Gasteiger partial charge in [-0.05, 0) is 0 Å². The highest BCUT2D eigenvalue weighted by Gasteiger charge is 2.17. The van der Waals surface area contributed by atoms with Gasteiger partial charge in [-0.3, -0.25) is 28.8 Å². The van der Waals surface area contributed by atoms with Crippen molar-refractivity contribution in [2.45, 2.75) is 25.0 Å². The average molecular weight is 378 g/mol. The highest BCUT2D eigenvalue weighted by Crippen LogP contribution is 2.01. The van der Waals surface area contributed by atoms with E-state index in [2.05, 4.69) is 18.9 Å². The highest BCUT2D eigenvalue weighted by molar-refractivity contribution is 5.77. The Kier molecular flexibility index (Phi) is 13.5. The van der Waals surface area contributed by atoms with E-state index in [9.17, 15) is 28.8 Å². The molecule has 0 radical (unpaired) electrons. The molecule has 146 valence electrons. The van der Waals surface area contributed by atoms with Gasteiger partial charge < -0.3 is 28.4 Å². The molecule has 0 aliphatic rings. The van der Waals surface area contributed by atoms with Gasteiger partial charge in [0.2, 0.25) is 0 Å². The summed E-state index contributed by atoms with van der Waals surface area (Å²) >= 11 is 0. The molecule has 0 bridgehead atoms. The van der Waals surface area contributed by atoms with E-state index in [1.54, 1.807) is 0 Å². The summed E-state index contributed by atoms with van der Waals surface area (Å²) in [5.41, 5.74) is 0. The zero-order valence-corrected chi connectivity index (χ0v) is 13.6. The van der Waals surface area contributed by atoms with Crippen LogP contribution in [0.3, 0.4) is 0 Å². The number of hydrogen-bond acceptors (Lipinski definition) is 12. The van der Waals surface area contributed by atoms with E-state index in [1.165, 1.54) is 0 Å². The average Bonchev–Trinajstić information content (AvgIpc) is 2.64. The van der Waals surface area contributed by atoms with Crippen LogP contribution in [-0.4, -0.2) is 76.5 Å². The Bertz CT molecular complexity index is 421. The lowest BCUT2D eigenvalue weighted by Crippen LogP contribution is -2.28. The number of rotatable bonds is 17. The lowest BCUT2D eigenvalue weighted by molar-refractivity contribution is -0.160. The standard InChI is InChI=1S/C14H18O12/c15-7-21-3-11(25-9-17)5-23-13(19)1-2-14(20)24-6-12(26-10-18)4-22-8-16/h7-12H,1-6H2. The first-order valence-corrected chi connectivity index (χ1v) is 7.17. The molecule has 12 heteroatoms. The second-order valence-electron chi connectivity index (χ2n) is 4.43. The molecular formula is C14H18O12. The van der Waals surface area contributed by atoms with Crippen molar-refractivity contribution in [3.8, 4) is 0 Å². The van der Waals surface area contributed by atoms with Crippen LogP contribution in [-0.2, 0) is 57.2 Å². The fourth-order valence-electron chi connectivity index (χ4n) is 1.42. The quantitative estimate of drug-likeness (QED) is 0.160.